The number of alkyl halides is 3. The lowest BCUT2D eigenvalue weighted by atomic mass is 9.64. The molecule has 3 atom stereocenters. The van der Waals surface area contributed by atoms with Gasteiger partial charge in [0.25, 0.3) is 0 Å². The summed E-state index contributed by atoms with van der Waals surface area (Å²) < 4.78 is 71.5. The summed E-state index contributed by atoms with van der Waals surface area (Å²) in [6.45, 7) is 2.25. The summed E-state index contributed by atoms with van der Waals surface area (Å²) in [4.78, 5) is 17.4. The molecular weight excluding hydrogens is 463 g/mol. The van der Waals surface area contributed by atoms with E-state index >= 15 is 0 Å². The van der Waals surface area contributed by atoms with Crippen molar-refractivity contribution in [2.45, 2.75) is 39.1 Å². The molecule has 3 rings (SSSR count). The van der Waals surface area contributed by atoms with Gasteiger partial charge in [0.2, 0.25) is 0 Å². The van der Waals surface area contributed by atoms with Crippen molar-refractivity contribution in [1.29, 1.82) is 0 Å². The Morgan fingerprint density at radius 3 is 2.45 bits per heavy atom. The fourth-order valence-electron chi connectivity index (χ4n) is 4.05. The van der Waals surface area contributed by atoms with E-state index in [0.29, 0.717) is 18.6 Å². The average molecular weight is 490 g/mol. The van der Waals surface area contributed by atoms with Crippen LogP contribution in [0.5, 0.6) is 11.5 Å². The van der Waals surface area contributed by atoms with Gasteiger partial charge in [-0.05, 0) is 43.5 Å². The van der Waals surface area contributed by atoms with Crippen molar-refractivity contribution in [2.24, 2.45) is 17.3 Å². The minimum absolute atomic E-state index is 0.0459. The molecule has 1 heterocycles. The first-order chi connectivity index (χ1) is 15.3. The van der Waals surface area contributed by atoms with Crippen molar-refractivity contribution < 1.29 is 35.9 Å². The van der Waals surface area contributed by atoms with Gasteiger partial charge in [-0.3, -0.25) is 9.48 Å². The van der Waals surface area contributed by atoms with E-state index in [9.17, 15) is 26.4 Å². The van der Waals surface area contributed by atoms with E-state index in [1.54, 1.807) is 11.6 Å². The Morgan fingerprint density at radius 1 is 1.21 bits per heavy atom. The number of ether oxygens (including phenoxy) is 2. The standard InChI is InChI=1S/C21H26F3N3O5S/c1-20(9-10-33(2,29)30)8-7-15(18(19(20)28)11-27-14-25-13-26-27)12-31-16-3-5-17(6-4-16)32-21(22,23)24/h3-6,13-15,18H,7-12H2,1-2H3/t15-,18-,20-/m0/s1. The third kappa shape index (κ3) is 7.18. The van der Waals surface area contributed by atoms with Crippen LogP contribution < -0.4 is 9.47 Å². The van der Waals surface area contributed by atoms with Crippen LogP contribution in [0.1, 0.15) is 26.2 Å². The molecule has 0 N–H and O–H groups in total. The lowest BCUT2D eigenvalue weighted by Gasteiger charge is -2.41. The van der Waals surface area contributed by atoms with Gasteiger partial charge in [-0.1, -0.05) is 6.92 Å². The number of Topliss-reactive ketones (excluding diaryl/α,β-unsaturated/α-hetero) is 1. The monoisotopic (exact) mass is 489 g/mol. The van der Waals surface area contributed by atoms with Crippen molar-refractivity contribution in [3.05, 3.63) is 36.9 Å². The third-order valence-corrected chi connectivity index (χ3v) is 6.91. The van der Waals surface area contributed by atoms with Crippen LogP contribution in [-0.2, 0) is 21.2 Å². The van der Waals surface area contributed by atoms with Crippen LogP contribution in [0.2, 0.25) is 0 Å². The number of hydrogen-bond acceptors (Lipinski definition) is 7. The molecule has 1 aliphatic rings. The van der Waals surface area contributed by atoms with Crippen LogP contribution in [0.15, 0.2) is 36.9 Å². The van der Waals surface area contributed by atoms with Gasteiger partial charge >= 0.3 is 6.36 Å². The molecule has 1 aliphatic carbocycles. The fraction of sp³-hybridized carbons (Fsp3) is 0.571. The number of carbonyl (C=O) groups is 1. The van der Waals surface area contributed by atoms with Gasteiger partial charge in [-0.25, -0.2) is 13.4 Å². The van der Waals surface area contributed by atoms with Gasteiger partial charge in [-0.2, -0.15) is 5.10 Å². The average Bonchev–Trinajstić information content (AvgIpc) is 3.22. The van der Waals surface area contributed by atoms with E-state index in [4.69, 9.17) is 4.74 Å². The number of halogens is 3. The summed E-state index contributed by atoms with van der Waals surface area (Å²) in [5.41, 5.74) is -0.776. The predicted octanol–water partition coefficient (Wildman–Crippen LogP) is 3.29. The Kier molecular flexibility index (Phi) is 7.35. The molecule has 8 nitrogen and oxygen atoms in total. The first-order valence-corrected chi connectivity index (χ1v) is 12.4. The molecule has 0 unspecified atom stereocenters. The number of carbonyl (C=O) groups excluding carboxylic acids is 1. The number of nitrogens with zero attached hydrogens (tertiary/aromatic N) is 3. The molecule has 2 aromatic rings. The highest BCUT2D eigenvalue weighted by Gasteiger charge is 2.46. The van der Waals surface area contributed by atoms with E-state index in [1.165, 1.54) is 24.8 Å². The lowest BCUT2D eigenvalue weighted by molar-refractivity contribution is -0.274. The Hall–Kier alpha value is -2.63. The maximum Gasteiger partial charge on any atom is 0.573 e. The zero-order valence-electron chi connectivity index (χ0n) is 18.3. The molecular formula is C21H26F3N3O5S. The fourth-order valence-corrected chi connectivity index (χ4v) is 4.87. The van der Waals surface area contributed by atoms with Gasteiger partial charge in [-0.15, -0.1) is 13.2 Å². The first kappa shape index (κ1) is 25.0. The Labute approximate surface area is 190 Å². The molecule has 182 valence electrons. The van der Waals surface area contributed by atoms with E-state index < -0.39 is 27.5 Å². The summed E-state index contributed by atoms with van der Waals surface area (Å²) in [7, 11) is -3.21. The second kappa shape index (κ2) is 9.70. The van der Waals surface area contributed by atoms with Crippen LogP contribution >= 0.6 is 0 Å². The van der Waals surface area contributed by atoms with Crippen LogP contribution in [0.3, 0.4) is 0 Å². The molecule has 0 bridgehead atoms. The Bertz CT molecular complexity index is 1040. The van der Waals surface area contributed by atoms with Crippen molar-refractivity contribution >= 4 is 15.6 Å². The molecule has 0 amide bonds. The molecule has 1 saturated carbocycles. The molecule has 0 radical (unpaired) electrons. The molecule has 33 heavy (non-hydrogen) atoms. The quantitative estimate of drug-likeness (QED) is 0.533. The van der Waals surface area contributed by atoms with Crippen LogP contribution in [0.4, 0.5) is 13.2 Å². The van der Waals surface area contributed by atoms with Gasteiger partial charge in [0.15, 0.2) is 0 Å². The van der Waals surface area contributed by atoms with Gasteiger partial charge in [0.1, 0.15) is 39.8 Å². The Balaban J connectivity index is 1.70. The largest absolute Gasteiger partial charge is 0.573 e. The molecule has 0 aliphatic heterocycles. The number of ketones is 1. The van der Waals surface area contributed by atoms with Crippen molar-refractivity contribution in [1.82, 2.24) is 14.8 Å². The number of sulfone groups is 1. The highest BCUT2D eigenvalue weighted by Crippen LogP contribution is 2.42. The number of aromatic nitrogens is 3. The summed E-state index contributed by atoms with van der Waals surface area (Å²) in [5, 5.41) is 4.08. The summed E-state index contributed by atoms with van der Waals surface area (Å²) in [6, 6.07) is 5.05. The zero-order chi connectivity index (χ0) is 24.3. The highest BCUT2D eigenvalue weighted by atomic mass is 32.2. The van der Waals surface area contributed by atoms with Gasteiger partial charge in [0, 0.05) is 23.5 Å². The van der Waals surface area contributed by atoms with Crippen LogP contribution in [-0.4, -0.2) is 53.9 Å². The zero-order valence-corrected chi connectivity index (χ0v) is 19.1. The third-order valence-electron chi connectivity index (χ3n) is 5.96. The molecule has 1 aromatic carbocycles. The molecule has 1 aromatic heterocycles. The minimum atomic E-state index is -4.77. The molecule has 1 fully saturated rings. The summed E-state index contributed by atoms with van der Waals surface area (Å²) in [5.74, 6) is -0.777. The molecule has 0 saturated heterocycles. The number of rotatable bonds is 9. The molecule has 0 spiro atoms. The van der Waals surface area contributed by atoms with E-state index in [1.807, 2.05) is 0 Å². The van der Waals surface area contributed by atoms with E-state index in [-0.39, 0.29) is 42.8 Å². The van der Waals surface area contributed by atoms with Crippen molar-refractivity contribution in [3.63, 3.8) is 0 Å². The lowest BCUT2D eigenvalue weighted by Crippen LogP contribution is -2.46. The second-order valence-electron chi connectivity index (χ2n) is 8.66. The van der Waals surface area contributed by atoms with Gasteiger partial charge in [0.05, 0.1) is 18.9 Å². The minimum Gasteiger partial charge on any atom is -0.493 e. The van der Waals surface area contributed by atoms with Gasteiger partial charge < -0.3 is 9.47 Å². The van der Waals surface area contributed by atoms with E-state index in [2.05, 4.69) is 14.8 Å². The molecule has 12 heteroatoms. The predicted molar refractivity (Wildman–Crippen MR) is 112 cm³/mol. The second-order valence-corrected chi connectivity index (χ2v) is 10.9. The van der Waals surface area contributed by atoms with Crippen LogP contribution in [0, 0.1) is 17.3 Å². The SMILES string of the molecule is C[C@@]1(CCS(C)(=O)=O)CC[C@@H](COc2ccc(OC(F)(F)F)cc2)[C@H](Cn2cncn2)C1=O. The van der Waals surface area contributed by atoms with E-state index in [0.717, 1.165) is 18.4 Å². The smallest absolute Gasteiger partial charge is 0.493 e. The summed E-state index contributed by atoms with van der Waals surface area (Å²) in [6.07, 6.45) is 0.635. The maximum atomic E-state index is 13.5. The van der Waals surface area contributed by atoms with Crippen LogP contribution in [0.25, 0.3) is 0 Å². The van der Waals surface area contributed by atoms with Crippen molar-refractivity contribution in [2.75, 3.05) is 18.6 Å². The number of hydrogen-bond donors (Lipinski definition) is 0. The normalized spacial score (nSPS) is 24.0. The highest BCUT2D eigenvalue weighted by molar-refractivity contribution is 7.90. The van der Waals surface area contributed by atoms with Crippen molar-refractivity contribution in [3.8, 4) is 11.5 Å². The topological polar surface area (TPSA) is 100 Å². The summed E-state index contributed by atoms with van der Waals surface area (Å²) >= 11 is 0. The number of benzene rings is 1. The Morgan fingerprint density at radius 2 is 1.88 bits per heavy atom. The maximum absolute atomic E-state index is 13.5. The first-order valence-electron chi connectivity index (χ1n) is 10.4.